The van der Waals surface area contributed by atoms with Gasteiger partial charge in [0.2, 0.25) is 0 Å². The van der Waals surface area contributed by atoms with Crippen LogP contribution in [0.4, 0.5) is 5.69 Å². The number of para-hydroxylation sites is 1. The molecule has 1 aliphatic heterocycles. The summed E-state index contributed by atoms with van der Waals surface area (Å²) in [7, 11) is 0. The van der Waals surface area contributed by atoms with Crippen molar-refractivity contribution in [3.8, 4) is 6.07 Å². The lowest BCUT2D eigenvalue weighted by molar-refractivity contribution is -0.128. The maximum atomic E-state index is 12.5. The number of amides is 1. The van der Waals surface area contributed by atoms with Crippen molar-refractivity contribution < 1.29 is 4.79 Å². The molecule has 2 rings (SSSR count). The third-order valence-electron chi connectivity index (χ3n) is 4.30. The van der Waals surface area contributed by atoms with Crippen molar-refractivity contribution in [1.82, 2.24) is 9.80 Å². The van der Waals surface area contributed by atoms with Gasteiger partial charge >= 0.3 is 0 Å². The molecule has 0 spiro atoms. The maximum Gasteiger partial charge on any atom is 0.266 e. The quantitative estimate of drug-likeness (QED) is 0.627. The van der Waals surface area contributed by atoms with Crippen LogP contribution < -0.4 is 11.1 Å². The summed E-state index contributed by atoms with van der Waals surface area (Å²) in [6, 6.07) is 7.99. The number of nitrogens with zero attached hydrogens (tertiary/aromatic N) is 3. The zero-order valence-electron chi connectivity index (χ0n) is 14.4. The number of carbonyl (C=O) groups excluding carboxylic acids is 1. The molecule has 0 bridgehead atoms. The van der Waals surface area contributed by atoms with Gasteiger partial charge in [0, 0.05) is 51.2 Å². The molecule has 0 radical (unpaired) electrons. The Balaban J connectivity index is 2.03. The number of nitrogens with one attached hydrogen (secondary N) is 1. The fourth-order valence-corrected chi connectivity index (χ4v) is 2.86. The van der Waals surface area contributed by atoms with Gasteiger partial charge in [-0.05, 0) is 25.0 Å². The van der Waals surface area contributed by atoms with E-state index in [1.807, 2.05) is 38.1 Å². The number of nitriles is 1. The van der Waals surface area contributed by atoms with E-state index in [0.29, 0.717) is 19.6 Å². The van der Waals surface area contributed by atoms with Crippen LogP contribution in [-0.2, 0) is 4.79 Å². The normalized spacial score (nSPS) is 15.9. The Morgan fingerprint density at radius 1 is 1.29 bits per heavy atom. The van der Waals surface area contributed by atoms with Gasteiger partial charge in [-0.2, -0.15) is 5.26 Å². The predicted octanol–water partition coefficient (Wildman–Crippen LogP) is 1.23. The lowest BCUT2D eigenvalue weighted by Crippen LogP contribution is -2.50. The Bertz CT molecular complexity index is 634. The molecule has 24 heavy (non-hydrogen) atoms. The summed E-state index contributed by atoms with van der Waals surface area (Å²) < 4.78 is 0. The zero-order valence-corrected chi connectivity index (χ0v) is 14.4. The van der Waals surface area contributed by atoms with Crippen LogP contribution >= 0.6 is 0 Å². The standard InChI is InChI=1S/C18H25N5O/c1-14-4-3-5-15(2)17(14)21-13-16(12-20)18(24)23-10-8-22(7-6-19)9-11-23/h3-5,13,21H,6-11,19H2,1-2H3/b16-13-. The van der Waals surface area contributed by atoms with Crippen LogP contribution in [0.5, 0.6) is 0 Å². The van der Waals surface area contributed by atoms with Gasteiger partial charge in [0.25, 0.3) is 5.91 Å². The molecule has 1 aromatic carbocycles. The molecule has 0 saturated carbocycles. The average Bonchev–Trinajstić information content (AvgIpc) is 2.58. The molecule has 0 atom stereocenters. The van der Waals surface area contributed by atoms with E-state index in [1.165, 1.54) is 6.20 Å². The molecule has 6 nitrogen and oxygen atoms in total. The largest absolute Gasteiger partial charge is 0.360 e. The highest BCUT2D eigenvalue weighted by Gasteiger charge is 2.23. The molecule has 0 aliphatic carbocycles. The van der Waals surface area contributed by atoms with E-state index in [9.17, 15) is 10.1 Å². The number of piperazine rings is 1. The topological polar surface area (TPSA) is 85.4 Å². The van der Waals surface area contributed by atoms with Crippen LogP contribution in [0, 0.1) is 25.2 Å². The van der Waals surface area contributed by atoms with Crippen LogP contribution in [0.1, 0.15) is 11.1 Å². The highest BCUT2D eigenvalue weighted by atomic mass is 16.2. The number of carbonyl (C=O) groups is 1. The van der Waals surface area contributed by atoms with Crippen LogP contribution in [0.25, 0.3) is 0 Å². The summed E-state index contributed by atoms with van der Waals surface area (Å²) in [5.41, 5.74) is 8.78. The second-order valence-electron chi connectivity index (χ2n) is 6.00. The fraction of sp³-hybridized carbons (Fsp3) is 0.444. The molecule has 1 fully saturated rings. The van der Waals surface area contributed by atoms with E-state index in [2.05, 4.69) is 10.2 Å². The maximum absolute atomic E-state index is 12.5. The first-order chi connectivity index (χ1) is 11.6. The lowest BCUT2D eigenvalue weighted by atomic mass is 10.1. The molecule has 0 aromatic heterocycles. The lowest BCUT2D eigenvalue weighted by Gasteiger charge is -2.34. The van der Waals surface area contributed by atoms with Crippen molar-refractivity contribution in [2.24, 2.45) is 5.73 Å². The summed E-state index contributed by atoms with van der Waals surface area (Å²) in [6.45, 7) is 8.30. The Hall–Kier alpha value is -2.36. The summed E-state index contributed by atoms with van der Waals surface area (Å²) in [4.78, 5) is 16.5. The highest BCUT2D eigenvalue weighted by Crippen LogP contribution is 2.20. The van der Waals surface area contributed by atoms with Crippen molar-refractivity contribution >= 4 is 11.6 Å². The number of aryl methyl sites for hydroxylation is 2. The van der Waals surface area contributed by atoms with Crippen LogP contribution in [-0.4, -0.2) is 55.0 Å². The minimum Gasteiger partial charge on any atom is -0.360 e. The van der Waals surface area contributed by atoms with E-state index < -0.39 is 0 Å². The van der Waals surface area contributed by atoms with E-state index in [4.69, 9.17) is 5.73 Å². The first-order valence-corrected chi connectivity index (χ1v) is 8.21. The van der Waals surface area contributed by atoms with Gasteiger partial charge in [0.15, 0.2) is 0 Å². The molecule has 128 valence electrons. The number of benzene rings is 1. The second-order valence-corrected chi connectivity index (χ2v) is 6.00. The molecular formula is C18H25N5O. The number of hydrogen-bond acceptors (Lipinski definition) is 5. The third kappa shape index (κ3) is 4.34. The Morgan fingerprint density at radius 3 is 2.46 bits per heavy atom. The van der Waals surface area contributed by atoms with Gasteiger partial charge in [-0.1, -0.05) is 18.2 Å². The fourth-order valence-electron chi connectivity index (χ4n) is 2.86. The van der Waals surface area contributed by atoms with Gasteiger partial charge in [0.1, 0.15) is 11.6 Å². The van der Waals surface area contributed by atoms with E-state index >= 15 is 0 Å². The minimum atomic E-state index is -0.219. The van der Waals surface area contributed by atoms with Crippen molar-refractivity contribution in [2.45, 2.75) is 13.8 Å². The van der Waals surface area contributed by atoms with Gasteiger partial charge < -0.3 is 16.0 Å². The molecular weight excluding hydrogens is 302 g/mol. The summed E-state index contributed by atoms with van der Waals surface area (Å²) >= 11 is 0. The minimum absolute atomic E-state index is 0.130. The molecule has 1 aliphatic rings. The zero-order chi connectivity index (χ0) is 17.5. The Morgan fingerprint density at radius 2 is 1.92 bits per heavy atom. The third-order valence-corrected chi connectivity index (χ3v) is 4.30. The molecule has 1 heterocycles. The van der Waals surface area contributed by atoms with E-state index in [-0.39, 0.29) is 11.5 Å². The number of hydrogen-bond donors (Lipinski definition) is 2. The molecule has 1 saturated heterocycles. The van der Waals surface area contributed by atoms with Gasteiger partial charge in [-0.3, -0.25) is 9.69 Å². The van der Waals surface area contributed by atoms with Gasteiger partial charge in [-0.25, -0.2) is 0 Å². The first kappa shape index (κ1) is 18.0. The van der Waals surface area contributed by atoms with Crippen molar-refractivity contribution in [2.75, 3.05) is 44.6 Å². The second kappa shape index (κ2) is 8.48. The number of anilines is 1. The van der Waals surface area contributed by atoms with Crippen LogP contribution in [0.2, 0.25) is 0 Å². The summed E-state index contributed by atoms with van der Waals surface area (Å²) in [6.07, 6.45) is 1.52. The Labute approximate surface area is 143 Å². The van der Waals surface area contributed by atoms with Gasteiger partial charge in [0.05, 0.1) is 0 Å². The number of rotatable bonds is 5. The van der Waals surface area contributed by atoms with Crippen molar-refractivity contribution in [1.29, 1.82) is 5.26 Å². The number of nitrogens with two attached hydrogens (primary N) is 1. The SMILES string of the molecule is Cc1cccc(C)c1N/C=C(/C#N)C(=O)N1CCN(CCN)CC1. The van der Waals surface area contributed by atoms with Crippen molar-refractivity contribution in [3.05, 3.63) is 41.1 Å². The summed E-state index contributed by atoms with van der Waals surface area (Å²) in [5, 5.41) is 12.5. The molecule has 0 unspecified atom stereocenters. The first-order valence-electron chi connectivity index (χ1n) is 8.21. The molecule has 1 aromatic rings. The van der Waals surface area contributed by atoms with Crippen molar-refractivity contribution in [3.63, 3.8) is 0 Å². The monoisotopic (exact) mass is 327 g/mol. The van der Waals surface area contributed by atoms with E-state index in [0.717, 1.165) is 36.4 Å². The smallest absolute Gasteiger partial charge is 0.266 e. The van der Waals surface area contributed by atoms with Gasteiger partial charge in [-0.15, -0.1) is 0 Å². The predicted molar refractivity (Wildman–Crippen MR) is 95.3 cm³/mol. The van der Waals surface area contributed by atoms with Crippen LogP contribution in [0.15, 0.2) is 30.0 Å². The molecule has 6 heteroatoms. The average molecular weight is 327 g/mol. The summed E-state index contributed by atoms with van der Waals surface area (Å²) in [5.74, 6) is -0.219. The molecule has 3 N–H and O–H groups in total. The molecule has 1 amide bonds. The van der Waals surface area contributed by atoms with E-state index in [1.54, 1.807) is 4.90 Å². The highest BCUT2D eigenvalue weighted by molar-refractivity contribution is 5.97. The Kier molecular flexibility index (Phi) is 6.36. The van der Waals surface area contributed by atoms with Crippen LogP contribution in [0.3, 0.4) is 0 Å².